The van der Waals surface area contributed by atoms with Crippen LogP contribution in [0.3, 0.4) is 0 Å². The molecule has 1 aliphatic rings. The summed E-state index contributed by atoms with van der Waals surface area (Å²) in [6.07, 6.45) is 7.24. The molecule has 0 radical (unpaired) electrons. The number of pyridine rings is 1. The van der Waals surface area contributed by atoms with E-state index in [0.717, 1.165) is 24.5 Å². The third-order valence-corrected chi connectivity index (χ3v) is 5.17. The van der Waals surface area contributed by atoms with Crippen LogP contribution in [-0.2, 0) is 11.2 Å². The van der Waals surface area contributed by atoms with E-state index >= 15 is 0 Å². The summed E-state index contributed by atoms with van der Waals surface area (Å²) in [5.41, 5.74) is 4.26. The Bertz CT molecular complexity index is 792. The lowest BCUT2D eigenvalue weighted by Gasteiger charge is -2.25. The molecular formula is C23H28N2O2. The van der Waals surface area contributed by atoms with E-state index in [9.17, 15) is 4.79 Å². The van der Waals surface area contributed by atoms with Crippen LogP contribution in [0.4, 0.5) is 0 Å². The standard InChI is InChI=1S/C23H28N2O2/c1-17-8-10-19(11-9-17)22(25-14-3-4-15-25)13-12-20-6-5-7-21(24-20)16-18(2)23(26)27/h5-13,18,22H,3-4,14-16H2,1-2H3,(H,26,27). The Morgan fingerprint density at radius 2 is 1.89 bits per heavy atom. The van der Waals surface area contributed by atoms with Crippen molar-refractivity contribution >= 4 is 12.0 Å². The number of likely N-dealkylation sites (tertiary alicyclic amines) is 1. The highest BCUT2D eigenvalue weighted by Crippen LogP contribution is 2.27. The number of carboxylic acid groups (broad SMARTS) is 1. The van der Waals surface area contributed by atoms with Gasteiger partial charge in [-0.3, -0.25) is 14.7 Å². The van der Waals surface area contributed by atoms with Crippen molar-refractivity contribution in [2.24, 2.45) is 5.92 Å². The van der Waals surface area contributed by atoms with Gasteiger partial charge in [0.1, 0.15) is 0 Å². The number of hydrogen-bond acceptors (Lipinski definition) is 3. The fourth-order valence-electron chi connectivity index (χ4n) is 3.52. The maximum absolute atomic E-state index is 11.1. The van der Waals surface area contributed by atoms with Gasteiger partial charge in [-0.05, 0) is 56.6 Å². The first-order chi connectivity index (χ1) is 13.0. The van der Waals surface area contributed by atoms with Gasteiger partial charge in [-0.2, -0.15) is 0 Å². The van der Waals surface area contributed by atoms with Crippen LogP contribution >= 0.6 is 0 Å². The summed E-state index contributed by atoms with van der Waals surface area (Å²) < 4.78 is 0. The Morgan fingerprint density at radius 3 is 2.56 bits per heavy atom. The highest BCUT2D eigenvalue weighted by atomic mass is 16.4. The van der Waals surface area contributed by atoms with Crippen LogP contribution in [0.2, 0.25) is 0 Å². The average Bonchev–Trinajstić information content (AvgIpc) is 3.18. The van der Waals surface area contributed by atoms with Crippen LogP contribution in [0.25, 0.3) is 6.08 Å². The second-order valence-corrected chi connectivity index (χ2v) is 7.45. The van der Waals surface area contributed by atoms with Crippen molar-refractivity contribution in [1.82, 2.24) is 9.88 Å². The average molecular weight is 364 g/mol. The first-order valence-corrected chi connectivity index (χ1v) is 9.70. The molecule has 1 N–H and O–H groups in total. The van der Waals surface area contributed by atoms with E-state index in [4.69, 9.17) is 5.11 Å². The van der Waals surface area contributed by atoms with Crippen LogP contribution in [0.5, 0.6) is 0 Å². The SMILES string of the molecule is Cc1ccc(C(C=Cc2cccc(CC(C)C(=O)O)n2)N2CCCC2)cc1. The Morgan fingerprint density at radius 1 is 1.19 bits per heavy atom. The predicted molar refractivity (Wildman–Crippen MR) is 109 cm³/mol. The maximum atomic E-state index is 11.1. The topological polar surface area (TPSA) is 53.4 Å². The third kappa shape index (κ3) is 5.27. The molecule has 3 rings (SSSR count). The molecule has 1 aromatic carbocycles. The lowest BCUT2D eigenvalue weighted by atomic mass is 10.0. The molecule has 4 nitrogen and oxygen atoms in total. The van der Waals surface area contributed by atoms with E-state index in [1.165, 1.54) is 24.0 Å². The number of aryl methyl sites for hydroxylation is 1. The molecule has 1 aliphatic heterocycles. The number of aromatic nitrogens is 1. The van der Waals surface area contributed by atoms with E-state index in [1.54, 1.807) is 6.92 Å². The first kappa shape index (κ1) is 19.3. The molecule has 0 spiro atoms. The molecule has 2 heterocycles. The Labute approximate surface area is 161 Å². The summed E-state index contributed by atoms with van der Waals surface area (Å²) in [6, 6.07) is 14.8. The van der Waals surface area contributed by atoms with Gasteiger partial charge in [-0.15, -0.1) is 0 Å². The summed E-state index contributed by atoms with van der Waals surface area (Å²) in [4.78, 5) is 18.2. The number of hydrogen-bond donors (Lipinski definition) is 1. The molecule has 0 amide bonds. The summed E-state index contributed by atoms with van der Waals surface area (Å²) in [5, 5.41) is 9.11. The van der Waals surface area contributed by atoms with Gasteiger partial charge < -0.3 is 5.11 Å². The van der Waals surface area contributed by atoms with Gasteiger partial charge in [0.25, 0.3) is 0 Å². The van der Waals surface area contributed by atoms with E-state index < -0.39 is 11.9 Å². The van der Waals surface area contributed by atoms with Crippen molar-refractivity contribution in [1.29, 1.82) is 0 Å². The predicted octanol–water partition coefficient (Wildman–Crippen LogP) is 4.50. The summed E-state index contributed by atoms with van der Waals surface area (Å²) in [7, 11) is 0. The zero-order chi connectivity index (χ0) is 19.2. The lowest BCUT2D eigenvalue weighted by Crippen LogP contribution is -2.24. The molecule has 0 saturated carbocycles. The monoisotopic (exact) mass is 364 g/mol. The van der Waals surface area contributed by atoms with E-state index in [0.29, 0.717) is 6.42 Å². The van der Waals surface area contributed by atoms with Crippen molar-refractivity contribution in [2.45, 2.75) is 39.2 Å². The minimum Gasteiger partial charge on any atom is -0.481 e. The fourth-order valence-corrected chi connectivity index (χ4v) is 3.52. The number of carbonyl (C=O) groups is 1. The molecular weight excluding hydrogens is 336 g/mol. The summed E-state index contributed by atoms with van der Waals surface area (Å²) >= 11 is 0. The van der Waals surface area contributed by atoms with Crippen molar-refractivity contribution in [3.05, 3.63) is 71.1 Å². The van der Waals surface area contributed by atoms with Crippen molar-refractivity contribution in [3.8, 4) is 0 Å². The molecule has 0 bridgehead atoms. The van der Waals surface area contributed by atoms with Gasteiger partial charge in [-0.1, -0.05) is 48.9 Å². The third-order valence-electron chi connectivity index (χ3n) is 5.17. The van der Waals surface area contributed by atoms with Crippen LogP contribution < -0.4 is 0 Å². The minimum absolute atomic E-state index is 0.247. The van der Waals surface area contributed by atoms with Crippen LogP contribution in [0.1, 0.15) is 48.3 Å². The second kappa shape index (κ2) is 8.96. The highest BCUT2D eigenvalue weighted by Gasteiger charge is 2.21. The largest absolute Gasteiger partial charge is 0.481 e. The summed E-state index contributed by atoms with van der Waals surface area (Å²) in [6.45, 7) is 6.06. The molecule has 2 aromatic rings. The maximum Gasteiger partial charge on any atom is 0.306 e. The normalized spacial score (nSPS) is 17.3. The number of benzene rings is 1. The Balaban J connectivity index is 1.80. The molecule has 142 valence electrons. The molecule has 4 heteroatoms. The minimum atomic E-state index is -0.786. The van der Waals surface area contributed by atoms with Gasteiger partial charge in [0.05, 0.1) is 17.7 Å². The number of aliphatic carboxylic acids is 1. The van der Waals surface area contributed by atoms with Crippen molar-refractivity contribution in [3.63, 3.8) is 0 Å². The van der Waals surface area contributed by atoms with Gasteiger partial charge >= 0.3 is 5.97 Å². The molecule has 1 fully saturated rings. The Hall–Kier alpha value is -2.46. The Kier molecular flexibility index (Phi) is 6.40. The van der Waals surface area contributed by atoms with Gasteiger partial charge in [0.15, 0.2) is 0 Å². The first-order valence-electron chi connectivity index (χ1n) is 9.70. The zero-order valence-corrected chi connectivity index (χ0v) is 16.1. The molecule has 1 aromatic heterocycles. The number of nitrogens with zero attached hydrogens (tertiary/aromatic N) is 2. The molecule has 2 unspecified atom stereocenters. The quantitative estimate of drug-likeness (QED) is 0.786. The fraction of sp³-hybridized carbons (Fsp3) is 0.391. The number of carboxylic acids is 1. The molecule has 0 aliphatic carbocycles. The van der Waals surface area contributed by atoms with E-state index in [2.05, 4.69) is 53.2 Å². The highest BCUT2D eigenvalue weighted by molar-refractivity contribution is 5.69. The lowest BCUT2D eigenvalue weighted by molar-refractivity contribution is -0.141. The van der Waals surface area contributed by atoms with E-state index in [-0.39, 0.29) is 6.04 Å². The zero-order valence-electron chi connectivity index (χ0n) is 16.1. The summed E-state index contributed by atoms with van der Waals surface area (Å²) in [5.74, 6) is -1.21. The van der Waals surface area contributed by atoms with Crippen LogP contribution in [-0.4, -0.2) is 34.0 Å². The molecule has 2 atom stereocenters. The van der Waals surface area contributed by atoms with Crippen molar-refractivity contribution < 1.29 is 9.90 Å². The molecule has 27 heavy (non-hydrogen) atoms. The van der Waals surface area contributed by atoms with Gasteiger partial charge in [0.2, 0.25) is 0 Å². The van der Waals surface area contributed by atoms with E-state index in [1.807, 2.05) is 18.2 Å². The second-order valence-electron chi connectivity index (χ2n) is 7.45. The smallest absolute Gasteiger partial charge is 0.306 e. The van der Waals surface area contributed by atoms with Crippen molar-refractivity contribution in [2.75, 3.05) is 13.1 Å². The van der Waals surface area contributed by atoms with Crippen LogP contribution in [0.15, 0.2) is 48.5 Å². The molecule has 1 saturated heterocycles. The van der Waals surface area contributed by atoms with Crippen LogP contribution in [0, 0.1) is 12.8 Å². The number of rotatable bonds is 7. The van der Waals surface area contributed by atoms with Gasteiger partial charge in [0, 0.05) is 12.1 Å². The van der Waals surface area contributed by atoms with Gasteiger partial charge in [-0.25, -0.2) is 0 Å².